The first kappa shape index (κ1) is 18.3. The van der Waals surface area contributed by atoms with Gasteiger partial charge in [0.15, 0.2) is 5.82 Å². The van der Waals surface area contributed by atoms with Crippen molar-refractivity contribution in [2.24, 2.45) is 7.05 Å². The van der Waals surface area contributed by atoms with Gasteiger partial charge in [-0.2, -0.15) is 0 Å². The zero-order valence-electron chi connectivity index (χ0n) is 16.1. The van der Waals surface area contributed by atoms with Crippen LogP contribution in [0.2, 0.25) is 0 Å². The standard InChI is InChI=1S/C20H22FN5O2/c1-11-22-16-9-12(18(27)10-13(16)20(28)25(11)2)15-7-8-19(24-23-15)26(3)17-6-4-5-14(17)21/h7-10,14,17,27H,4-6H2,1-3H3/t14-,17+/m1/s1. The predicted octanol–water partition coefficient (Wildman–Crippen LogP) is 2.73. The summed E-state index contributed by atoms with van der Waals surface area (Å²) in [6.07, 6.45) is 1.40. The van der Waals surface area contributed by atoms with Gasteiger partial charge in [-0.25, -0.2) is 9.37 Å². The third-order valence-electron chi connectivity index (χ3n) is 5.60. The maximum Gasteiger partial charge on any atom is 0.261 e. The van der Waals surface area contributed by atoms with Gasteiger partial charge in [-0.1, -0.05) is 0 Å². The molecule has 7 nitrogen and oxygen atoms in total. The highest BCUT2D eigenvalue weighted by molar-refractivity contribution is 5.86. The van der Waals surface area contributed by atoms with Crippen molar-refractivity contribution in [3.05, 3.63) is 40.4 Å². The van der Waals surface area contributed by atoms with E-state index in [9.17, 15) is 14.3 Å². The number of aromatic hydroxyl groups is 1. The molecule has 1 aliphatic carbocycles. The Bertz CT molecular complexity index is 1100. The molecule has 0 spiro atoms. The number of hydrogen-bond acceptors (Lipinski definition) is 6. The molecule has 0 amide bonds. The average Bonchev–Trinajstić information content (AvgIpc) is 3.12. The number of halogens is 1. The van der Waals surface area contributed by atoms with Crippen LogP contribution < -0.4 is 10.5 Å². The summed E-state index contributed by atoms with van der Waals surface area (Å²) in [7, 11) is 3.46. The Hall–Kier alpha value is -3.03. The van der Waals surface area contributed by atoms with Crippen molar-refractivity contribution in [3.8, 4) is 17.0 Å². The number of phenolic OH excluding ortho intramolecular Hbond substituents is 1. The van der Waals surface area contributed by atoms with Gasteiger partial charge in [-0.05, 0) is 50.5 Å². The Kier molecular flexibility index (Phi) is 4.49. The van der Waals surface area contributed by atoms with E-state index in [0.717, 1.165) is 12.8 Å². The van der Waals surface area contributed by atoms with Crippen LogP contribution >= 0.6 is 0 Å². The predicted molar refractivity (Wildman–Crippen MR) is 105 cm³/mol. The van der Waals surface area contributed by atoms with Crippen LogP contribution in [-0.4, -0.2) is 44.1 Å². The maximum atomic E-state index is 14.0. The Balaban J connectivity index is 1.71. The minimum atomic E-state index is -0.854. The van der Waals surface area contributed by atoms with E-state index in [1.54, 1.807) is 32.2 Å². The second-order valence-electron chi connectivity index (χ2n) is 7.31. The highest BCUT2D eigenvalue weighted by Crippen LogP contribution is 2.32. The van der Waals surface area contributed by atoms with Crippen LogP contribution in [-0.2, 0) is 7.05 Å². The molecule has 2 aromatic heterocycles. The van der Waals surface area contributed by atoms with E-state index >= 15 is 0 Å². The summed E-state index contributed by atoms with van der Waals surface area (Å²) in [6.45, 7) is 1.75. The van der Waals surface area contributed by atoms with Gasteiger partial charge in [0, 0.05) is 19.7 Å². The van der Waals surface area contributed by atoms with Crippen LogP contribution in [0.5, 0.6) is 5.75 Å². The molecule has 1 N–H and O–H groups in total. The van der Waals surface area contributed by atoms with Crippen LogP contribution in [0.1, 0.15) is 25.1 Å². The van der Waals surface area contributed by atoms with Crippen LogP contribution in [0.3, 0.4) is 0 Å². The minimum Gasteiger partial charge on any atom is -0.507 e. The zero-order chi connectivity index (χ0) is 20.0. The fourth-order valence-corrected chi connectivity index (χ4v) is 3.78. The maximum absolute atomic E-state index is 14.0. The van der Waals surface area contributed by atoms with Crippen molar-refractivity contribution in [2.45, 2.75) is 38.4 Å². The summed E-state index contributed by atoms with van der Waals surface area (Å²) in [5, 5.41) is 19.2. The number of aromatic nitrogens is 4. The quantitative estimate of drug-likeness (QED) is 0.749. The van der Waals surface area contributed by atoms with Crippen molar-refractivity contribution in [1.82, 2.24) is 19.7 Å². The lowest BCUT2D eigenvalue weighted by molar-refractivity contribution is 0.306. The van der Waals surface area contributed by atoms with E-state index in [2.05, 4.69) is 15.2 Å². The Labute approximate surface area is 161 Å². The third-order valence-corrected chi connectivity index (χ3v) is 5.60. The first-order valence-corrected chi connectivity index (χ1v) is 9.28. The second-order valence-corrected chi connectivity index (χ2v) is 7.31. The van der Waals surface area contributed by atoms with E-state index in [4.69, 9.17) is 0 Å². The van der Waals surface area contributed by atoms with E-state index in [1.807, 2.05) is 11.9 Å². The first-order chi connectivity index (χ1) is 13.4. The number of nitrogens with zero attached hydrogens (tertiary/aromatic N) is 5. The van der Waals surface area contributed by atoms with E-state index < -0.39 is 6.17 Å². The van der Waals surface area contributed by atoms with Crippen LogP contribution in [0.4, 0.5) is 10.2 Å². The molecule has 2 atom stereocenters. The molecule has 28 heavy (non-hydrogen) atoms. The van der Waals surface area contributed by atoms with Crippen molar-refractivity contribution in [3.63, 3.8) is 0 Å². The molecule has 3 aromatic rings. The Morgan fingerprint density at radius 1 is 1.25 bits per heavy atom. The van der Waals surface area contributed by atoms with Gasteiger partial charge < -0.3 is 10.0 Å². The Morgan fingerprint density at radius 2 is 2.04 bits per heavy atom. The molecule has 0 bridgehead atoms. The highest BCUT2D eigenvalue weighted by Gasteiger charge is 2.31. The lowest BCUT2D eigenvalue weighted by atomic mass is 10.1. The summed E-state index contributed by atoms with van der Waals surface area (Å²) >= 11 is 0. The number of benzene rings is 1. The lowest BCUT2D eigenvalue weighted by Crippen LogP contribution is -2.36. The second kappa shape index (κ2) is 6.85. The number of hydrogen-bond donors (Lipinski definition) is 1. The van der Waals surface area contributed by atoms with E-state index in [-0.39, 0.29) is 17.4 Å². The number of rotatable bonds is 3. The van der Waals surface area contributed by atoms with Crippen LogP contribution in [0.25, 0.3) is 22.2 Å². The Morgan fingerprint density at radius 3 is 2.68 bits per heavy atom. The van der Waals surface area contributed by atoms with Gasteiger partial charge in [0.2, 0.25) is 0 Å². The molecule has 0 radical (unpaired) electrons. The monoisotopic (exact) mass is 383 g/mol. The summed E-state index contributed by atoms with van der Waals surface area (Å²) in [6, 6.07) is 6.36. The molecule has 1 fully saturated rings. The van der Waals surface area contributed by atoms with Crippen molar-refractivity contribution >= 4 is 16.7 Å². The first-order valence-electron chi connectivity index (χ1n) is 9.28. The van der Waals surface area contributed by atoms with Gasteiger partial charge in [-0.3, -0.25) is 9.36 Å². The van der Waals surface area contributed by atoms with E-state index in [1.165, 1.54) is 10.6 Å². The number of phenols is 1. The molecule has 8 heteroatoms. The van der Waals surface area contributed by atoms with Crippen molar-refractivity contribution in [1.29, 1.82) is 0 Å². The fraction of sp³-hybridized carbons (Fsp3) is 0.400. The van der Waals surface area contributed by atoms with E-state index in [0.29, 0.717) is 40.2 Å². The molecule has 1 saturated carbocycles. The van der Waals surface area contributed by atoms with Gasteiger partial charge in [0.1, 0.15) is 17.7 Å². The SMILES string of the molecule is Cc1nc2cc(-c3ccc(N(C)[C@H]4CCC[C@H]4F)nn3)c(O)cc2c(=O)n1C. The highest BCUT2D eigenvalue weighted by atomic mass is 19.1. The molecular formula is C20H22FN5O2. The molecule has 0 saturated heterocycles. The largest absolute Gasteiger partial charge is 0.507 e. The third kappa shape index (κ3) is 2.98. The summed E-state index contributed by atoms with van der Waals surface area (Å²) in [4.78, 5) is 18.6. The fourth-order valence-electron chi connectivity index (χ4n) is 3.78. The number of anilines is 1. The number of fused-ring (bicyclic) bond motifs is 1. The molecule has 4 rings (SSSR count). The van der Waals surface area contributed by atoms with Crippen molar-refractivity contribution in [2.75, 3.05) is 11.9 Å². The summed E-state index contributed by atoms with van der Waals surface area (Å²) in [5.41, 5.74) is 1.17. The van der Waals surface area contributed by atoms with Gasteiger partial charge >= 0.3 is 0 Å². The molecule has 0 unspecified atom stereocenters. The van der Waals surface area contributed by atoms with Gasteiger partial charge in [0.05, 0.1) is 22.6 Å². The topological polar surface area (TPSA) is 84.1 Å². The van der Waals surface area contributed by atoms with Gasteiger partial charge in [-0.15, -0.1) is 10.2 Å². The van der Waals surface area contributed by atoms with Gasteiger partial charge in [0.25, 0.3) is 5.56 Å². The minimum absolute atomic E-state index is 0.0646. The molecule has 0 aliphatic heterocycles. The molecule has 2 heterocycles. The smallest absolute Gasteiger partial charge is 0.261 e. The van der Waals surface area contributed by atoms with Crippen LogP contribution in [0.15, 0.2) is 29.1 Å². The van der Waals surface area contributed by atoms with Crippen LogP contribution in [0, 0.1) is 6.92 Å². The number of aryl methyl sites for hydroxylation is 1. The molecular weight excluding hydrogens is 361 g/mol. The molecule has 1 aromatic carbocycles. The summed E-state index contributed by atoms with van der Waals surface area (Å²) in [5.74, 6) is 1.10. The summed E-state index contributed by atoms with van der Waals surface area (Å²) < 4.78 is 15.4. The lowest BCUT2D eigenvalue weighted by Gasteiger charge is -2.26. The number of alkyl halides is 1. The van der Waals surface area contributed by atoms with Crippen molar-refractivity contribution < 1.29 is 9.50 Å². The average molecular weight is 383 g/mol. The zero-order valence-corrected chi connectivity index (χ0v) is 16.1. The normalized spacial score (nSPS) is 19.3. The molecule has 146 valence electrons. The molecule has 1 aliphatic rings.